The molecule has 0 spiro atoms. The van der Waals surface area contributed by atoms with Crippen LogP contribution < -0.4 is 0 Å². The van der Waals surface area contributed by atoms with Crippen molar-refractivity contribution in [2.24, 2.45) is 22.7 Å². The van der Waals surface area contributed by atoms with E-state index in [1.165, 1.54) is 30.4 Å². The summed E-state index contributed by atoms with van der Waals surface area (Å²) in [6.45, 7) is 11.8. The van der Waals surface area contributed by atoms with Crippen molar-refractivity contribution in [2.45, 2.75) is 75.4 Å². The van der Waals surface area contributed by atoms with Gasteiger partial charge in [0.1, 0.15) is 5.75 Å². The minimum absolute atomic E-state index is 0.125. The van der Waals surface area contributed by atoms with Crippen molar-refractivity contribution in [3.63, 3.8) is 0 Å². The number of hydrogen-bond acceptors (Lipinski definition) is 1. The van der Waals surface area contributed by atoms with Gasteiger partial charge in [-0.15, -0.1) is 0 Å². The Labute approximate surface area is 227 Å². The van der Waals surface area contributed by atoms with Crippen LogP contribution in [0.25, 0.3) is 0 Å². The molecule has 172 valence electrons. The van der Waals surface area contributed by atoms with E-state index < -0.39 is 0 Å². The van der Waals surface area contributed by atoms with E-state index in [0.717, 1.165) is 35.7 Å². The first-order valence-corrected chi connectivity index (χ1v) is 15.1. The highest BCUT2D eigenvalue weighted by Gasteiger charge is 2.47. The molecule has 0 bridgehead atoms. The van der Waals surface area contributed by atoms with Crippen LogP contribution >= 0.6 is 70.4 Å². The van der Waals surface area contributed by atoms with Gasteiger partial charge < -0.3 is 5.11 Å². The number of halogens is 4. The number of rotatable bonds is 5. The van der Waals surface area contributed by atoms with Crippen LogP contribution in [-0.4, -0.2) is 14.8 Å². The number of phenols is 1. The van der Waals surface area contributed by atoms with Gasteiger partial charge in [-0.2, -0.15) is 0 Å². The first-order valence-electron chi connectivity index (χ1n) is 11.2. The average molecular weight is 729 g/mol. The van der Waals surface area contributed by atoms with Crippen molar-refractivity contribution in [3.8, 4) is 5.75 Å². The van der Waals surface area contributed by atoms with Crippen LogP contribution in [0.4, 0.5) is 0 Å². The van der Waals surface area contributed by atoms with E-state index in [2.05, 4.69) is 108 Å². The van der Waals surface area contributed by atoms with Gasteiger partial charge in [-0.3, -0.25) is 0 Å². The quantitative estimate of drug-likeness (QED) is 0.182. The van der Waals surface area contributed by atoms with Gasteiger partial charge >= 0.3 is 0 Å². The number of allylic oxidation sites excluding steroid dienone is 2. The van der Waals surface area contributed by atoms with Crippen LogP contribution in [0, 0.1) is 22.7 Å². The zero-order chi connectivity index (χ0) is 23.0. The second-order valence-electron chi connectivity index (χ2n) is 10.3. The first-order chi connectivity index (χ1) is 14.5. The van der Waals surface area contributed by atoms with Crippen LogP contribution in [0.3, 0.4) is 0 Å². The minimum Gasteiger partial charge on any atom is -0.508 e. The van der Waals surface area contributed by atoms with Crippen LogP contribution in [-0.2, 0) is 6.42 Å². The van der Waals surface area contributed by atoms with E-state index in [1.807, 2.05) is 12.1 Å². The van der Waals surface area contributed by atoms with Crippen molar-refractivity contribution >= 4 is 70.4 Å². The Morgan fingerprint density at radius 2 is 1.81 bits per heavy atom. The summed E-state index contributed by atoms with van der Waals surface area (Å²) >= 11 is 14.1. The van der Waals surface area contributed by atoms with Crippen molar-refractivity contribution in [1.82, 2.24) is 0 Å². The summed E-state index contributed by atoms with van der Waals surface area (Å²) in [6, 6.07) is 5.80. The van der Waals surface area contributed by atoms with Gasteiger partial charge in [-0.05, 0) is 95.5 Å². The standard InChI is InChI=1S/C26H34Br3IO/c1-16-5-9-23(28)25(2,3)20(16)11-12-26(4)21(17(15-30)6-10-24(26)29)14-18-13-19(27)7-8-22(18)31/h7-8,13,15,20-21,23-24,31H,1,5-6,9-12,14H2,2-4H3. The smallest absolute Gasteiger partial charge is 0.118 e. The Balaban J connectivity index is 1.90. The van der Waals surface area contributed by atoms with Gasteiger partial charge in [0, 0.05) is 14.1 Å². The molecular weight excluding hydrogens is 695 g/mol. The van der Waals surface area contributed by atoms with Crippen LogP contribution in [0.1, 0.15) is 64.9 Å². The van der Waals surface area contributed by atoms with Crippen molar-refractivity contribution in [2.75, 3.05) is 0 Å². The van der Waals surface area contributed by atoms with Crippen LogP contribution in [0.5, 0.6) is 5.75 Å². The topological polar surface area (TPSA) is 20.2 Å². The predicted octanol–water partition coefficient (Wildman–Crippen LogP) is 9.73. The van der Waals surface area contributed by atoms with Gasteiger partial charge in [0.05, 0.1) is 0 Å². The van der Waals surface area contributed by atoms with Gasteiger partial charge in [0.15, 0.2) is 0 Å². The summed E-state index contributed by atoms with van der Waals surface area (Å²) in [7, 11) is 0. The summed E-state index contributed by atoms with van der Waals surface area (Å²) in [5.41, 5.74) is 4.34. The van der Waals surface area contributed by atoms with E-state index in [0.29, 0.717) is 27.2 Å². The number of alkyl halides is 2. The maximum Gasteiger partial charge on any atom is 0.118 e. The summed E-state index contributed by atoms with van der Waals surface area (Å²) in [5, 5.41) is 10.6. The molecule has 0 amide bonds. The molecule has 5 atom stereocenters. The molecule has 1 aromatic carbocycles. The summed E-state index contributed by atoms with van der Waals surface area (Å²) < 4.78 is 3.32. The lowest BCUT2D eigenvalue weighted by molar-refractivity contribution is 0.119. The molecule has 2 fully saturated rings. The number of benzene rings is 1. The Hall–Kier alpha value is 0.670. The zero-order valence-electron chi connectivity index (χ0n) is 18.7. The third-order valence-electron chi connectivity index (χ3n) is 8.14. The maximum atomic E-state index is 10.6. The number of phenolic OH excluding ortho intramolecular Hbond substituents is 1. The lowest BCUT2D eigenvalue weighted by Crippen LogP contribution is -2.44. The SMILES string of the molecule is C=C1CCC(Br)C(C)(C)C1CCC1(C)C(Br)CCC(=CI)C1Cc1cc(Br)ccc1O. The molecule has 5 heteroatoms. The molecule has 0 aromatic heterocycles. The van der Waals surface area contributed by atoms with E-state index in [4.69, 9.17) is 0 Å². The Morgan fingerprint density at radius 3 is 2.48 bits per heavy atom. The lowest BCUT2D eigenvalue weighted by atomic mass is 9.58. The van der Waals surface area contributed by atoms with E-state index in [-0.39, 0.29) is 10.8 Å². The van der Waals surface area contributed by atoms with Crippen LogP contribution in [0.2, 0.25) is 0 Å². The normalized spacial score (nSPS) is 34.8. The molecule has 3 rings (SSSR count). The molecule has 2 aliphatic rings. The van der Waals surface area contributed by atoms with Crippen LogP contribution in [0.15, 0.2) is 44.5 Å². The lowest BCUT2D eigenvalue weighted by Gasteiger charge is -2.50. The molecule has 2 saturated carbocycles. The second-order valence-corrected chi connectivity index (χ2v) is 14.1. The molecule has 0 heterocycles. The van der Waals surface area contributed by atoms with Crippen molar-refractivity contribution < 1.29 is 5.11 Å². The van der Waals surface area contributed by atoms with Gasteiger partial charge in [0.25, 0.3) is 0 Å². The fourth-order valence-electron chi connectivity index (χ4n) is 5.84. The van der Waals surface area contributed by atoms with Gasteiger partial charge in [0.2, 0.25) is 0 Å². The third-order valence-corrected chi connectivity index (χ3v) is 12.6. The predicted molar refractivity (Wildman–Crippen MR) is 153 cm³/mol. The molecule has 0 radical (unpaired) electrons. The van der Waals surface area contributed by atoms with Crippen molar-refractivity contribution in [1.29, 1.82) is 0 Å². The summed E-state index contributed by atoms with van der Waals surface area (Å²) in [4.78, 5) is 1.02. The monoisotopic (exact) mass is 726 g/mol. The number of aromatic hydroxyl groups is 1. The third kappa shape index (κ3) is 5.51. The largest absolute Gasteiger partial charge is 0.508 e. The number of hydrogen-bond donors (Lipinski definition) is 1. The Bertz CT molecular complexity index is 849. The molecule has 31 heavy (non-hydrogen) atoms. The summed E-state index contributed by atoms with van der Waals surface area (Å²) in [6.07, 6.45) is 7.81. The Kier molecular flexibility index (Phi) is 8.91. The first kappa shape index (κ1) is 26.3. The molecule has 1 aromatic rings. The molecule has 0 aliphatic heterocycles. The highest BCUT2D eigenvalue weighted by atomic mass is 127. The highest BCUT2D eigenvalue weighted by Crippen LogP contribution is 2.55. The molecule has 0 saturated heterocycles. The summed E-state index contributed by atoms with van der Waals surface area (Å²) in [5.74, 6) is 1.34. The average Bonchev–Trinajstić information content (AvgIpc) is 2.71. The molecule has 2 aliphatic carbocycles. The zero-order valence-corrected chi connectivity index (χ0v) is 25.7. The maximum absolute atomic E-state index is 10.6. The Morgan fingerprint density at radius 1 is 1.13 bits per heavy atom. The van der Waals surface area contributed by atoms with E-state index in [1.54, 1.807) is 0 Å². The highest BCUT2D eigenvalue weighted by molar-refractivity contribution is 14.1. The minimum atomic E-state index is 0.125. The van der Waals surface area contributed by atoms with E-state index in [9.17, 15) is 5.11 Å². The molecule has 1 nitrogen and oxygen atoms in total. The van der Waals surface area contributed by atoms with Gasteiger partial charge in [-0.25, -0.2) is 0 Å². The molecule has 1 N–H and O–H groups in total. The molecule has 5 unspecified atom stereocenters. The van der Waals surface area contributed by atoms with Gasteiger partial charge in [-0.1, -0.05) is 109 Å². The van der Waals surface area contributed by atoms with E-state index >= 15 is 0 Å². The van der Waals surface area contributed by atoms with Crippen molar-refractivity contribution in [3.05, 3.63) is 50.0 Å². The molecular formula is C26H34Br3IO. The second kappa shape index (κ2) is 10.5. The fraction of sp³-hybridized carbons (Fsp3) is 0.615. The fourth-order valence-corrected chi connectivity index (χ4v) is 8.32.